The van der Waals surface area contributed by atoms with E-state index in [1.54, 1.807) is 0 Å². The third-order valence-electron chi connectivity index (χ3n) is 4.58. The summed E-state index contributed by atoms with van der Waals surface area (Å²) in [6.07, 6.45) is 2.95. The van der Waals surface area contributed by atoms with Gasteiger partial charge in [0.05, 0.1) is 36.7 Å². The van der Waals surface area contributed by atoms with E-state index in [4.69, 9.17) is 33.0 Å². The van der Waals surface area contributed by atoms with Crippen molar-refractivity contribution in [2.24, 2.45) is 0 Å². The van der Waals surface area contributed by atoms with E-state index >= 15 is 0 Å². The highest BCUT2D eigenvalue weighted by atomic mass is 35.5. The number of halogens is 2. The zero-order valence-corrected chi connectivity index (χ0v) is 16.7. The summed E-state index contributed by atoms with van der Waals surface area (Å²) < 4.78 is 5.24. The number of hydrogen-bond acceptors (Lipinski definition) is 6. The molecule has 0 aromatic carbocycles. The zero-order chi connectivity index (χ0) is 18.9. The number of aliphatic hydroxyl groups is 1. The van der Waals surface area contributed by atoms with E-state index in [0.717, 1.165) is 19.3 Å². The first-order chi connectivity index (χ1) is 12.5. The van der Waals surface area contributed by atoms with Crippen LogP contribution in [0.1, 0.15) is 32.6 Å². The molecule has 2 fully saturated rings. The fourth-order valence-electron chi connectivity index (χ4n) is 3.29. The van der Waals surface area contributed by atoms with Crippen LogP contribution < -0.4 is 26.6 Å². The number of aliphatic hydroxyl groups excluding tert-OH is 1. The van der Waals surface area contributed by atoms with E-state index in [-0.39, 0.29) is 47.9 Å². The van der Waals surface area contributed by atoms with Crippen LogP contribution in [0.2, 0.25) is 0 Å². The van der Waals surface area contributed by atoms with Gasteiger partial charge in [-0.05, 0) is 32.6 Å². The van der Waals surface area contributed by atoms with Gasteiger partial charge in [-0.2, -0.15) is 0 Å². The number of ether oxygens (including phenoxy) is 1. The average Bonchev–Trinajstić information content (AvgIpc) is 2.57. The van der Waals surface area contributed by atoms with Crippen molar-refractivity contribution >= 4 is 29.2 Å². The summed E-state index contributed by atoms with van der Waals surface area (Å²) in [5.41, 5.74) is 0. The Balaban J connectivity index is 1.69. The summed E-state index contributed by atoms with van der Waals surface area (Å²) in [6.45, 7) is 3.64. The number of carbonyl (C=O) groups is 1. The van der Waals surface area contributed by atoms with E-state index in [0.29, 0.717) is 26.2 Å². The smallest absolute Gasteiger partial charge is 0.317 e. The van der Waals surface area contributed by atoms with Gasteiger partial charge in [0.1, 0.15) is 6.29 Å². The van der Waals surface area contributed by atoms with Gasteiger partial charge in [-0.25, -0.2) is 4.79 Å². The number of carbonyl (C=O) groups excluding carboxylic acids is 1. The molecule has 0 spiro atoms. The van der Waals surface area contributed by atoms with E-state index < -0.39 is 0 Å². The summed E-state index contributed by atoms with van der Waals surface area (Å²) in [6, 6.07) is 0.0680. The second kappa shape index (κ2) is 11.5. The lowest BCUT2D eigenvalue weighted by atomic mass is 9.95. The second-order valence-electron chi connectivity index (χ2n) is 6.91. The minimum absolute atomic E-state index is 0.0199. The maximum absolute atomic E-state index is 12.3. The quantitative estimate of drug-likeness (QED) is 0.252. The van der Waals surface area contributed by atoms with E-state index in [9.17, 15) is 4.79 Å². The first-order valence-corrected chi connectivity index (χ1v) is 10.1. The summed E-state index contributed by atoms with van der Waals surface area (Å²) in [5.74, 6) is 0. The zero-order valence-electron chi connectivity index (χ0n) is 15.1. The molecule has 10 heteroatoms. The standard InChI is InChI=1S/C16H31Cl2N5O3/c1-10-8-14(19-4-6-26-7-5-24)22-15(20-10)23-16(25)21-11-2-3-12(17)13(18)9-11/h10-15,19-20,22,24H,2-9H2,1H3,(H2,21,23,25). The highest BCUT2D eigenvalue weighted by molar-refractivity contribution is 6.30. The van der Waals surface area contributed by atoms with Crippen molar-refractivity contribution in [1.82, 2.24) is 26.6 Å². The Morgan fingerprint density at radius 3 is 2.69 bits per heavy atom. The molecule has 0 aromatic heterocycles. The van der Waals surface area contributed by atoms with Gasteiger partial charge >= 0.3 is 6.03 Å². The van der Waals surface area contributed by atoms with Gasteiger partial charge in [0.15, 0.2) is 0 Å². The van der Waals surface area contributed by atoms with Gasteiger partial charge in [0, 0.05) is 18.6 Å². The number of nitrogens with one attached hydrogen (secondary N) is 5. The monoisotopic (exact) mass is 411 g/mol. The molecule has 1 aliphatic carbocycles. The number of alkyl halides is 2. The largest absolute Gasteiger partial charge is 0.394 e. The third-order valence-corrected chi connectivity index (χ3v) is 5.72. The lowest BCUT2D eigenvalue weighted by molar-refractivity contribution is 0.0889. The molecule has 6 N–H and O–H groups in total. The summed E-state index contributed by atoms with van der Waals surface area (Å²) in [7, 11) is 0. The molecule has 152 valence electrons. The predicted molar refractivity (Wildman–Crippen MR) is 102 cm³/mol. The molecule has 1 heterocycles. The Kier molecular flexibility index (Phi) is 9.69. The van der Waals surface area contributed by atoms with Gasteiger partial charge in [0.25, 0.3) is 0 Å². The van der Waals surface area contributed by atoms with E-state index in [1.807, 2.05) is 0 Å². The Bertz CT molecular complexity index is 435. The van der Waals surface area contributed by atoms with Gasteiger partial charge in [-0.1, -0.05) is 0 Å². The van der Waals surface area contributed by atoms with Crippen molar-refractivity contribution in [3.63, 3.8) is 0 Å². The molecule has 8 nitrogen and oxygen atoms in total. The first-order valence-electron chi connectivity index (χ1n) is 9.27. The Labute approximate surface area is 165 Å². The minimum Gasteiger partial charge on any atom is -0.394 e. The molecular formula is C16H31Cl2N5O3. The van der Waals surface area contributed by atoms with Crippen LogP contribution in [-0.4, -0.2) is 72.8 Å². The number of urea groups is 1. The van der Waals surface area contributed by atoms with Crippen molar-refractivity contribution in [1.29, 1.82) is 0 Å². The topological polar surface area (TPSA) is 107 Å². The van der Waals surface area contributed by atoms with Gasteiger partial charge in [0.2, 0.25) is 0 Å². The molecular weight excluding hydrogens is 381 g/mol. The van der Waals surface area contributed by atoms with Gasteiger partial charge < -0.3 is 20.5 Å². The maximum atomic E-state index is 12.3. The molecule has 2 aliphatic rings. The molecule has 1 saturated carbocycles. The van der Waals surface area contributed by atoms with Crippen LogP contribution in [0.5, 0.6) is 0 Å². The molecule has 1 aliphatic heterocycles. The molecule has 6 unspecified atom stereocenters. The second-order valence-corrected chi connectivity index (χ2v) is 8.03. The van der Waals surface area contributed by atoms with Crippen LogP contribution in [0, 0.1) is 0 Å². The van der Waals surface area contributed by atoms with Crippen molar-refractivity contribution in [2.75, 3.05) is 26.4 Å². The Morgan fingerprint density at radius 1 is 1.15 bits per heavy atom. The molecule has 0 aromatic rings. The summed E-state index contributed by atoms with van der Waals surface area (Å²) in [4.78, 5) is 12.3. The number of rotatable bonds is 8. The molecule has 2 rings (SSSR count). The summed E-state index contributed by atoms with van der Waals surface area (Å²) in [5, 5.41) is 24.4. The predicted octanol–water partition coefficient (Wildman–Crippen LogP) is 0.233. The maximum Gasteiger partial charge on any atom is 0.317 e. The third kappa shape index (κ3) is 7.72. The normalized spacial score (nSPS) is 35.1. The molecule has 2 amide bonds. The SMILES string of the molecule is CC1CC(NCCOCCO)NC(NC(=O)NC2CCC(Cl)C(Cl)C2)N1. The molecule has 0 bridgehead atoms. The Morgan fingerprint density at radius 2 is 1.96 bits per heavy atom. The fourth-order valence-corrected chi connectivity index (χ4v) is 3.86. The molecule has 0 radical (unpaired) electrons. The molecule has 26 heavy (non-hydrogen) atoms. The molecule has 1 saturated heterocycles. The fraction of sp³-hybridized carbons (Fsp3) is 0.938. The average molecular weight is 412 g/mol. The van der Waals surface area contributed by atoms with Crippen LogP contribution in [-0.2, 0) is 4.74 Å². The number of hydrogen-bond donors (Lipinski definition) is 6. The van der Waals surface area contributed by atoms with Gasteiger partial charge in [-0.15, -0.1) is 23.2 Å². The highest BCUT2D eigenvalue weighted by Crippen LogP contribution is 2.27. The van der Waals surface area contributed by atoms with Crippen LogP contribution in [0.25, 0.3) is 0 Å². The van der Waals surface area contributed by atoms with E-state index in [2.05, 4.69) is 33.5 Å². The van der Waals surface area contributed by atoms with E-state index in [1.165, 1.54) is 0 Å². The van der Waals surface area contributed by atoms with Crippen LogP contribution >= 0.6 is 23.2 Å². The van der Waals surface area contributed by atoms with Crippen molar-refractivity contribution < 1.29 is 14.6 Å². The lowest BCUT2D eigenvalue weighted by Gasteiger charge is -2.37. The number of amides is 2. The van der Waals surface area contributed by atoms with Crippen molar-refractivity contribution in [3.05, 3.63) is 0 Å². The van der Waals surface area contributed by atoms with Crippen LogP contribution in [0.15, 0.2) is 0 Å². The lowest BCUT2D eigenvalue weighted by Crippen LogP contribution is -2.68. The van der Waals surface area contributed by atoms with Crippen molar-refractivity contribution in [3.8, 4) is 0 Å². The molecule has 6 atom stereocenters. The minimum atomic E-state index is -0.328. The van der Waals surface area contributed by atoms with Crippen LogP contribution in [0.3, 0.4) is 0 Å². The van der Waals surface area contributed by atoms with Gasteiger partial charge in [-0.3, -0.25) is 16.0 Å². The first kappa shape index (κ1) is 21.9. The summed E-state index contributed by atoms with van der Waals surface area (Å²) >= 11 is 12.3. The highest BCUT2D eigenvalue weighted by Gasteiger charge is 2.30. The Hall–Kier alpha value is -0.350. The van der Waals surface area contributed by atoms with Crippen molar-refractivity contribution in [2.45, 2.75) is 67.9 Å². The van der Waals surface area contributed by atoms with Crippen LogP contribution in [0.4, 0.5) is 4.79 Å².